The Balaban J connectivity index is 2.22. The van der Waals surface area contributed by atoms with Gasteiger partial charge in [-0.2, -0.15) is 0 Å². The fraction of sp³-hybridized carbons (Fsp3) is 0.538. The van der Waals surface area contributed by atoms with Crippen LogP contribution in [0.3, 0.4) is 0 Å². The molecule has 0 aliphatic carbocycles. The molecule has 2 atom stereocenters. The maximum atomic E-state index is 13.9. The van der Waals surface area contributed by atoms with Crippen molar-refractivity contribution in [1.82, 2.24) is 4.90 Å². The van der Waals surface area contributed by atoms with Crippen molar-refractivity contribution >= 4 is 27.5 Å². The molecule has 1 saturated heterocycles. The van der Waals surface area contributed by atoms with Crippen molar-refractivity contribution < 1.29 is 8.78 Å². The van der Waals surface area contributed by atoms with Gasteiger partial charge >= 0.3 is 0 Å². The second-order valence-corrected chi connectivity index (χ2v) is 5.94. The number of nitrogens with zero attached hydrogens (tertiary/aromatic N) is 1. The lowest BCUT2D eigenvalue weighted by atomic mass is 10.0. The van der Waals surface area contributed by atoms with Crippen molar-refractivity contribution in [2.45, 2.75) is 25.9 Å². The lowest BCUT2D eigenvalue weighted by Gasteiger charge is -2.25. The van der Waals surface area contributed by atoms with Crippen LogP contribution in [-0.4, -0.2) is 23.4 Å². The summed E-state index contributed by atoms with van der Waals surface area (Å²) in [6, 6.07) is 2.88. The number of rotatable bonds is 3. The average molecular weight is 339 g/mol. The first-order valence-corrected chi connectivity index (χ1v) is 7.29. The van der Waals surface area contributed by atoms with Gasteiger partial charge < -0.3 is 0 Å². The normalized spacial score (nSPS) is 24.7. The topological polar surface area (TPSA) is 3.24 Å². The molecule has 1 aliphatic rings. The number of hydrogen-bond donors (Lipinski definition) is 0. The SMILES string of the molecule is CC1CCN(Cc2c(F)ccc(Br)c2F)C1CCl. The monoisotopic (exact) mass is 337 g/mol. The molecular weight excluding hydrogens is 324 g/mol. The Morgan fingerprint density at radius 3 is 2.83 bits per heavy atom. The minimum atomic E-state index is -0.511. The molecule has 1 aromatic rings. The Kier molecular flexibility index (Phi) is 4.62. The van der Waals surface area contributed by atoms with Crippen molar-refractivity contribution in [2.75, 3.05) is 12.4 Å². The highest BCUT2D eigenvalue weighted by Gasteiger charge is 2.31. The molecule has 1 nitrogen and oxygen atoms in total. The molecule has 0 N–H and O–H groups in total. The van der Waals surface area contributed by atoms with Crippen molar-refractivity contribution in [3.05, 3.63) is 33.8 Å². The van der Waals surface area contributed by atoms with Crippen LogP contribution in [0.1, 0.15) is 18.9 Å². The Morgan fingerprint density at radius 1 is 1.44 bits per heavy atom. The van der Waals surface area contributed by atoms with E-state index < -0.39 is 11.6 Å². The molecule has 100 valence electrons. The predicted octanol–water partition coefficient (Wildman–Crippen LogP) is 4.18. The van der Waals surface area contributed by atoms with Gasteiger partial charge in [0, 0.05) is 24.0 Å². The fourth-order valence-electron chi connectivity index (χ4n) is 2.45. The molecule has 2 rings (SSSR count). The lowest BCUT2D eigenvalue weighted by molar-refractivity contribution is 0.235. The van der Waals surface area contributed by atoms with Crippen LogP contribution in [0.4, 0.5) is 8.78 Å². The van der Waals surface area contributed by atoms with Crippen molar-refractivity contribution in [2.24, 2.45) is 5.92 Å². The van der Waals surface area contributed by atoms with Crippen LogP contribution >= 0.6 is 27.5 Å². The Bertz CT molecular complexity index is 441. The summed E-state index contributed by atoms with van der Waals surface area (Å²) in [5.41, 5.74) is 0.119. The molecule has 0 amide bonds. The van der Waals surface area contributed by atoms with E-state index in [2.05, 4.69) is 27.8 Å². The summed E-state index contributed by atoms with van der Waals surface area (Å²) in [6.07, 6.45) is 1.02. The lowest BCUT2D eigenvalue weighted by Crippen LogP contribution is -2.33. The third kappa shape index (κ3) is 2.70. The standard InChI is InChI=1S/C13H15BrClF2N/c1-8-4-5-18(12(8)6-15)7-9-11(16)3-2-10(14)13(9)17/h2-3,8,12H,4-7H2,1H3. The molecule has 0 spiro atoms. The first-order valence-electron chi connectivity index (χ1n) is 5.97. The summed E-state index contributed by atoms with van der Waals surface area (Å²) in [5, 5.41) is 0. The van der Waals surface area contributed by atoms with Gasteiger partial charge in [-0.1, -0.05) is 6.92 Å². The highest BCUT2D eigenvalue weighted by atomic mass is 79.9. The van der Waals surface area contributed by atoms with Gasteiger partial charge in [0.25, 0.3) is 0 Å². The molecular formula is C13H15BrClF2N. The van der Waals surface area contributed by atoms with Crippen LogP contribution in [0.5, 0.6) is 0 Å². The molecule has 5 heteroatoms. The Labute approximate surface area is 119 Å². The number of likely N-dealkylation sites (tertiary alicyclic amines) is 1. The molecule has 1 aromatic carbocycles. The average Bonchev–Trinajstić information content (AvgIpc) is 2.70. The fourth-order valence-corrected chi connectivity index (χ4v) is 3.32. The van der Waals surface area contributed by atoms with E-state index in [9.17, 15) is 8.78 Å². The van der Waals surface area contributed by atoms with Gasteiger partial charge in [0.15, 0.2) is 0 Å². The van der Waals surface area contributed by atoms with Crippen molar-refractivity contribution in [1.29, 1.82) is 0 Å². The van der Waals surface area contributed by atoms with Crippen LogP contribution in [0.25, 0.3) is 0 Å². The highest BCUT2D eigenvalue weighted by molar-refractivity contribution is 9.10. The van der Waals surface area contributed by atoms with Gasteiger partial charge in [-0.25, -0.2) is 8.78 Å². The number of hydrogen-bond acceptors (Lipinski definition) is 1. The van der Waals surface area contributed by atoms with Gasteiger partial charge in [0.1, 0.15) is 11.6 Å². The zero-order chi connectivity index (χ0) is 13.3. The van der Waals surface area contributed by atoms with Gasteiger partial charge in [0.05, 0.1) is 4.47 Å². The summed E-state index contributed by atoms with van der Waals surface area (Å²) in [5.74, 6) is -0.0366. The van der Waals surface area contributed by atoms with Crippen LogP contribution in [-0.2, 0) is 6.54 Å². The highest BCUT2D eigenvalue weighted by Crippen LogP contribution is 2.29. The molecule has 1 fully saturated rings. The summed E-state index contributed by atoms with van der Waals surface area (Å²) in [4.78, 5) is 2.06. The van der Waals surface area contributed by atoms with Crippen LogP contribution in [0, 0.1) is 17.6 Å². The molecule has 1 aliphatic heterocycles. The second kappa shape index (κ2) is 5.85. The van der Waals surface area contributed by atoms with E-state index in [0.29, 0.717) is 16.3 Å². The quantitative estimate of drug-likeness (QED) is 0.590. The molecule has 0 bridgehead atoms. The first-order chi connectivity index (χ1) is 8.54. The third-order valence-electron chi connectivity index (χ3n) is 3.66. The van der Waals surface area contributed by atoms with Crippen LogP contribution in [0.15, 0.2) is 16.6 Å². The van der Waals surface area contributed by atoms with Gasteiger partial charge in [-0.3, -0.25) is 4.90 Å². The van der Waals surface area contributed by atoms with Crippen LogP contribution < -0.4 is 0 Å². The van der Waals surface area contributed by atoms with E-state index in [4.69, 9.17) is 11.6 Å². The van der Waals surface area contributed by atoms with Crippen molar-refractivity contribution in [3.8, 4) is 0 Å². The molecule has 1 heterocycles. The van der Waals surface area contributed by atoms with Crippen molar-refractivity contribution in [3.63, 3.8) is 0 Å². The molecule has 18 heavy (non-hydrogen) atoms. The number of benzene rings is 1. The smallest absolute Gasteiger partial charge is 0.144 e. The van der Waals surface area contributed by atoms with E-state index >= 15 is 0 Å². The van der Waals surface area contributed by atoms with E-state index in [1.165, 1.54) is 12.1 Å². The zero-order valence-corrected chi connectivity index (χ0v) is 12.4. The van der Waals surface area contributed by atoms with E-state index in [0.717, 1.165) is 13.0 Å². The maximum absolute atomic E-state index is 13.9. The Hall–Kier alpha value is -0.190. The maximum Gasteiger partial charge on any atom is 0.144 e. The van der Waals surface area contributed by atoms with E-state index in [1.54, 1.807) is 0 Å². The molecule has 0 aromatic heterocycles. The molecule has 0 saturated carbocycles. The minimum Gasteiger partial charge on any atom is -0.294 e. The minimum absolute atomic E-state index is 0.119. The summed E-state index contributed by atoms with van der Waals surface area (Å²) < 4.78 is 27.9. The predicted molar refractivity (Wildman–Crippen MR) is 72.8 cm³/mol. The third-order valence-corrected chi connectivity index (χ3v) is 4.58. The largest absolute Gasteiger partial charge is 0.294 e. The second-order valence-electron chi connectivity index (χ2n) is 4.78. The first kappa shape index (κ1) is 14.2. The summed E-state index contributed by atoms with van der Waals surface area (Å²) in [7, 11) is 0. The summed E-state index contributed by atoms with van der Waals surface area (Å²) >= 11 is 9.02. The van der Waals surface area contributed by atoms with Gasteiger partial charge in [-0.15, -0.1) is 11.6 Å². The zero-order valence-electron chi connectivity index (χ0n) is 10.1. The summed E-state index contributed by atoms with van der Waals surface area (Å²) in [6.45, 7) is 3.24. The molecule has 0 radical (unpaired) electrons. The Morgan fingerprint density at radius 2 is 2.17 bits per heavy atom. The molecule has 2 unspecified atom stereocenters. The van der Waals surface area contributed by atoms with E-state index in [1.807, 2.05) is 0 Å². The van der Waals surface area contributed by atoms with Gasteiger partial charge in [0.2, 0.25) is 0 Å². The van der Waals surface area contributed by atoms with E-state index in [-0.39, 0.29) is 18.2 Å². The van der Waals surface area contributed by atoms with Gasteiger partial charge in [-0.05, 0) is 46.9 Å². The number of halogens is 4. The van der Waals surface area contributed by atoms with Crippen LogP contribution in [0.2, 0.25) is 0 Å². The number of alkyl halides is 1.